The molecule has 0 bridgehead atoms. The SMILES string of the molecule is ClC(Cl)C[SiH2]c1ccc(N(c2ccccc2)c2ccccc2)cc1. The summed E-state index contributed by atoms with van der Waals surface area (Å²) in [5.41, 5.74) is 3.45. The third kappa shape index (κ3) is 4.41. The third-order valence-electron chi connectivity index (χ3n) is 3.87. The Labute approximate surface area is 155 Å². The Kier molecular flexibility index (Phi) is 5.97. The van der Waals surface area contributed by atoms with Crippen LogP contribution >= 0.6 is 23.2 Å². The molecule has 0 saturated heterocycles. The zero-order valence-corrected chi connectivity index (χ0v) is 16.2. The predicted molar refractivity (Wildman–Crippen MR) is 110 cm³/mol. The van der Waals surface area contributed by atoms with Gasteiger partial charge in [0.2, 0.25) is 0 Å². The number of halogens is 2. The van der Waals surface area contributed by atoms with Crippen molar-refractivity contribution >= 4 is 55.0 Å². The molecule has 1 nitrogen and oxygen atoms in total. The highest BCUT2D eigenvalue weighted by Gasteiger charge is 2.11. The Morgan fingerprint density at radius 2 is 1.12 bits per heavy atom. The van der Waals surface area contributed by atoms with Crippen LogP contribution in [0.25, 0.3) is 0 Å². The van der Waals surface area contributed by atoms with Gasteiger partial charge < -0.3 is 4.90 Å². The van der Waals surface area contributed by atoms with Crippen LogP contribution in [0.15, 0.2) is 84.9 Å². The number of para-hydroxylation sites is 2. The van der Waals surface area contributed by atoms with E-state index in [-0.39, 0.29) is 4.84 Å². The average Bonchev–Trinajstić information content (AvgIpc) is 2.63. The van der Waals surface area contributed by atoms with Gasteiger partial charge in [0.25, 0.3) is 0 Å². The van der Waals surface area contributed by atoms with Crippen molar-refractivity contribution in [2.45, 2.75) is 10.9 Å². The maximum absolute atomic E-state index is 5.86. The summed E-state index contributed by atoms with van der Waals surface area (Å²) in [6.45, 7) is 0. The smallest absolute Gasteiger partial charge is 0.105 e. The first-order valence-electron chi connectivity index (χ1n) is 8.01. The number of hydrogen-bond acceptors (Lipinski definition) is 1. The highest BCUT2D eigenvalue weighted by Crippen LogP contribution is 2.33. The Hall–Kier alpha value is -1.74. The number of alkyl halides is 2. The molecular weight excluding hydrogens is 353 g/mol. The maximum Gasteiger partial charge on any atom is 0.105 e. The van der Waals surface area contributed by atoms with E-state index in [2.05, 4.69) is 77.7 Å². The van der Waals surface area contributed by atoms with Crippen LogP contribution in [0.5, 0.6) is 0 Å². The van der Waals surface area contributed by atoms with Gasteiger partial charge in [0.15, 0.2) is 0 Å². The van der Waals surface area contributed by atoms with Crippen molar-refractivity contribution in [3.05, 3.63) is 84.9 Å². The van der Waals surface area contributed by atoms with Crippen LogP contribution in [0.2, 0.25) is 6.04 Å². The van der Waals surface area contributed by atoms with Gasteiger partial charge in [0.1, 0.15) is 4.84 Å². The number of benzene rings is 3. The molecule has 3 aromatic carbocycles. The second kappa shape index (κ2) is 8.38. The maximum atomic E-state index is 5.86. The zero-order chi connectivity index (χ0) is 16.8. The minimum Gasteiger partial charge on any atom is -0.311 e. The second-order valence-electron chi connectivity index (χ2n) is 5.60. The molecule has 0 N–H and O–H groups in total. The Morgan fingerprint density at radius 1 is 0.667 bits per heavy atom. The summed E-state index contributed by atoms with van der Waals surface area (Å²) in [6.07, 6.45) is 0. The first kappa shape index (κ1) is 17.1. The van der Waals surface area contributed by atoms with Gasteiger partial charge in [-0.2, -0.15) is 0 Å². The van der Waals surface area contributed by atoms with Gasteiger partial charge in [-0.15, -0.1) is 23.2 Å². The van der Waals surface area contributed by atoms with Crippen LogP contribution in [0.4, 0.5) is 17.1 Å². The molecule has 24 heavy (non-hydrogen) atoms. The van der Waals surface area contributed by atoms with Crippen molar-refractivity contribution in [2.75, 3.05) is 4.90 Å². The van der Waals surface area contributed by atoms with Gasteiger partial charge in [-0.1, -0.05) is 53.7 Å². The van der Waals surface area contributed by atoms with Gasteiger partial charge in [-0.25, -0.2) is 0 Å². The Bertz CT molecular complexity index is 706. The number of anilines is 3. The van der Waals surface area contributed by atoms with Crippen molar-refractivity contribution in [2.24, 2.45) is 0 Å². The van der Waals surface area contributed by atoms with Gasteiger partial charge in [0.05, 0.1) is 9.52 Å². The fraction of sp³-hybridized carbons (Fsp3) is 0.100. The van der Waals surface area contributed by atoms with Gasteiger partial charge in [0, 0.05) is 17.1 Å². The lowest BCUT2D eigenvalue weighted by atomic mass is 10.2. The van der Waals surface area contributed by atoms with Crippen molar-refractivity contribution in [1.29, 1.82) is 0 Å². The van der Waals surface area contributed by atoms with E-state index in [1.165, 1.54) is 5.19 Å². The second-order valence-corrected chi connectivity index (χ2v) is 8.77. The van der Waals surface area contributed by atoms with Gasteiger partial charge >= 0.3 is 0 Å². The molecule has 0 aliphatic rings. The quantitative estimate of drug-likeness (QED) is 0.426. The monoisotopic (exact) mass is 371 g/mol. The van der Waals surface area contributed by atoms with Crippen molar-refractivity contribution in [3.63, 3.8) is 0 Å². The van der Waals surface area contributed by atoms with E-state index < -0.39 is 9.52 Å². The van der Waals surface area contributed by atoms with E-state index >= 15 is 0 Å². The Morgan fingerprint density at radius 3 is 1.58 bits per heavy atom. The Balaban J connectivity index is 1.92. The van der Waals surface area contributed by atoms with Crippen molar-refractivity contribution < 1.29 is 0 Å². The number of hydrogen-bond donors (Lipinski definition) is 0. The molecular formula is C20H19Cl2NSi. The van der Waals surface area contributed by atoms with E-state index in [1.54, 1.807) is 0 Å². The summed E-state index contributed by atoms with van der Waals surface area (Å²) in [6, 6.07) is 30.5. The third-order valence-corrected chi connectivity index (χ3v) is 6.96. The van der Waals surface area contributed by atoms with Crippen LogP contribution in [-0.4, -0.2) is 14.4 Å². The molecule has 122 valence electrons. The molecule has 3 rings (SSSR count). The molecule has 0 atom stereocenters. The molecule has 0 heterocycles. The predicted octanol–water partition coefficient (Wildman–Crippen LogP) is 5.17. The molecule has 0 unspecified atom stereocenters. The van der Waals surface area contributed by atoms with Crippen molar-refractivity contribution in [1.82, 2.24) is 0 Å². The van der Waals surface area contributed by atoms with Gasteiger partial charge in [-0.3, -0.25) is 0 Å². The standard InChI is InChI=1S/C20H19Cl2NSi/c21-20(22)15-24-19-13-11-18(12-14-19)23(16-7-3-1-4-8-16)17-9-5-2-6-10-17/h1-14,20H,15,24H2. The van der Waals surface area contributed by atoms with Crippen LogP contribution in [0, 0.1) is 0 Å². The summed E-state index contributed by atoms with van der Waals surface area (Å²) in [7, 11) is -0.407. The summed E-state index contributed by atoms with van der Waals surface area (Å²) < 4.78 is 0. The topological polar surface area (TPSA) is 3.24 Å². The van der Waals surface area contributed by atoms with E-state index in [0.29, 0.717) is 0 Å². The van der Waals surface area contributed by atoms with Crippen LogP contribution in [0.1, 0.15) is 0 Å². The summed E-state index contributed by atoms with van der Waals surface area (Å²) >= 11 is 11.7. The van der Waals surface area contributed by atoms with E-state index in [9.17, 15) is 0 Å². The number of nitrogens with zero attached hydrogens (tertiary/aromatic N) is 1. The van der Waals surface area contributed by atoms with E-state index in [0.717, 1.165) is 23.1 Å². The minimum atomic E-state index is -0.407. The fourth-order valence-electron chi connectivity index (χ4n) is 2.69. The molecule has 0 aliphatic carbocycles. The highest BCUT2D eigenvalue weighted by molar-refractivity contribution is 6.58. The lowest BCUT2D eigenvalue weighted by molar-refractivity contribution is 1.28. The van der Waals surface area contributed by atoms with Crippen LogP contribution < -0.4 is 10.1 Å². The molecule has 0 saturated carbocycles. The minimum absolute atomic E-state index is 0.249. The normalized spacial score (nSPS) is 11.3. The summed E-state index contributed by atoms with van der Waals surface area (Å²) in [4.78, 5) is 2.01. The first-order chi connectivity index (χ1) is 11.7. The van der Waals surface area contributed by atoms with Crippen LogP contribution in [-0.2, 0) is 0 Å². The lowest BCUT2D eigenvalue weighted by Crippen LogP contribution is -2.16. The molecule has 0 aromatic heterocycles. The molecule has 4 heteroatoms. The highest BCUT2D eigenvalue weighted by atomic mass is 35.5. The number of rotatable bonds is 6. The van der Waals surface area contributed by atoms with E-state index in [1.807, 2.05) is 12.1 Å². The molecule has 0 amide bonds. The molecule has 0 fully saturated rings. The van der Waals surface area contributed by atoms with Crippen LogP contribution in [0.3, 0.4) is 0 Å². The molecule has 0 spiro atoms. The largest absolute Gasteiger partial charge is 0.311 e. The molecule has 0 radical (unpaired) electrons. The molecule has 3 aromatic rings. The lowest BCUT2D eigenvalue weighted by Gasteiger charge is -2.25. The van der Waals surface area contributed by atoms with Crippen molar-refractivity contribution in [3.8, 4) is 0 Å². The average molecular weight is 372 g/mol. The summed E-state index contributed by atoms with van der Waals surface area (Å²) in [5.74, 6) is 0. The first-order valence-corrected chi connectivity index (χ1v) is 10.6. The van der Waals surface area contributed by atoms with Gasteiger partial charge in [-0.05, 0) is 42.4 Å². The summed E-state index contributed by atoms with van der Waals surface area (Å²) in [5, 5.41) is 1.38. The van der Waals surface area contributed by atoms with E-state index in [4.69, 9.17) is 23.2 Å². The molecule has 0 aliphatic heterocycles. The fourth-order valence-corrected chi connectivity index (χ4v) is 4.46. The zero-order valence-electron chi connectivity index (χ0n) is 13.3.